The monoisotopic (exact) mass is 459 g/mol. The number of ketones is 1. The van der Waals surface area contributed by atoms with E-state index in [1.54, 1.807) is 4.90 Å². The molecule has 5 rings (SSSR count). The summed E-state index contributed by atoms with van der Waals surface area (Å²) in [5.74, 6) is 0.0901. The summed E-state index contributed by atoms with van der Waals surface area (Å²) in [5.41, 5.74) is 6.16. The van der Waals surface area contributed by atoms with Crippen LogP contribution >= 0.6 is 0 Å². The Morgan fingerprint density at radius 1 is 1.03 bits per heavy atom. The van der Waals surface area contributed by atoms with Crippen LogP contribution in [0.5, 0.6) is 0 Å². The molecule has 0 spiro atoms. The second-order valence-corrected chi connectivity index (χ2v) is 9.62. The van der Waals surface area contributed by atoms with Crippen LogP contribution in [0.1, 0.15) is 52.7 Å². The average Bonchev–Trinajstić information content (AvgIpc) is 3.08. The Morgan fingerprint density at radius 2 is 1.79 bits per heavy atom. The SMILES string of the molecule is C=C1CCC[C@H](N2Cc3c(NCc4ccc(CN5CCOCC5)cc4)cccc3C2=O)C(=O)C1. The number of anilines is 1. The van der Waals surface area contributed by atoms with E-state index in [9.17, 15) is 9.59 Å². The van der Waals surface area contributed by atoms with Gasteiger partial charge in [0.2, 0.25) is 0 Å². The molecular weight excluding hydrogens is 426 g/mol. The highest BCUT2D eigenvalue weighted by molar-refractivity contribution is 6.03. The Bertz CT molecular complexity index is 1070. The van der Waals surface area contributed by atoms with Crippen molar-refractivity contribution in [1.29, 1.82) is 0 Å². The molecule has 2 heterocycles. The van der Waals surface area contributed by atoms with E-state index in [1.807, 2.05) is 18.2 Å². The van der Waals surface area contributed by atoms with Crippen molar-refractivity contribution >= 4 is 17.4 Å². The third kappa shape index (κ3) is 4.93. The Hall–Kier alpha value is -2.96. The van der Waals surface area contributed by atoms with Gasteiger partial charge in [0.05, 0.1) is 19.3 Å². The molecular formula is C28H33N3O3. The van der Waals surface area contributed by atoms with Crippen LogP contribution in [0.3, 0.4) is 0 Å². The van der Waals surface area contributed by atoms with Crippen molar-refractivity contribution in [2.45, 2.75) is 51.4 Å². The standard InChI is InChI=1S/C28H33N3O3/c1-20-4-2-7-26(27(32)16-20)31-19-24-23(28(31)33)5-3-6-25(24)29-17-21-8-10-22(11-9-21)18-30-12-14-34-15-13-30/h3,5-6,8-11,26,29H,1-2,4,7,12-19H2/t26-/m0/s1. The fourth-order valence-corrected chi connectivity index (χ4v) is 5.24. The number of rotatable bonds is 6. The highest BCUT2D eigenvalue weighted by atomic mass is 16.5. The van der Waals surface area contributed by atoms with Crippen molar-refractivity contribution < 1.29 is 14.3 Å². The summed E-state index contributed by atoms with van der Waals surface area (Å²) in [6.45, 7) is 9.72. The van der Waals surface area contributed by atoms with Crippen molar-refractivity contribution in [2.24, 2.45) is 0 Å². The first-order chi connectivity index (χ1) is 16.6. The third-order valence-electron chi connectivity index (χ3n) is 7.19. The van der Waals surface area contributed by atoms with Crippen LogP contribution in [0, 0.1) is 0 Å². The number of morpholine rings is 1. The van der Waals surface area contributed by atoms with Gasteiger partial charge in [-0.1, -0.05) is 42.5 Å². The van der Waals surface area contributed by atoms with Crippen LogP contribution in [-0.4, -0.2) is 53.8 Å². The summed E-state index contributed by atoms with van der Waals surface area (Å²) in [7, 11) is 0. The summed E-state index contributed by atoms with van der Waals surface area (Å²) >= 11 is 0. The first-order valence-electron chi connectivity index (χ1n) is 12.3. The van der Waals surface area contributed by atoms with E-state index in [1.165, 1.54) is 11.1 Å². The number of hydrogen-bond acceptors (Lipinski definition) is 5. The first-order valence-corrected chi connectivity index (χ1v) is 12.3. The molecule has 6 nitrogen and oxygen atoms in total. The highest BCUT2D eigenvalue weighted by Crippen LogP contribution is 2.34. The fraction of sp³-hybridized carbons (Fsp3) is 0.429. The highest BCUT2D eigenvalue weighted by Gasteiger charge is 2.37. The van der Waals surface area contributed by atoms with Crippen LogP contribution in [0.4, 0.5) is 5.69 Å². The molecule has 1 saturated carbocycles. The molecule has 1 N–H and O–H groups in total. The molecule has 34 heavy (non-hydrogen) atoms. The van der Waals surface area contributed by atoms with Gasteiger partial charge in [-0.2, -0.15) is 0 Å². The lowest BCUT2D eigenvalue weighted by Crippen LogP contribution is -2.40. The van der Waals surface area contributed by atoms with Gasteiger partial charge in [0.25, 0.3) is 5.91 Å². The maximum atomic E-state index is 13.2. The zero-order valence-corrected chi connectivity index (χ0v) is 19.7. The van der Waals surface area contributed by atoms with Gasteiger partial charge in [0.15, 0.2) is 5.78 Å². The van der Waals surface area contributed by atoms with E-state index in [0.29, 0.717) is 25.1 Å². The molecule has 1 saturated heterocycles. The third-order valence-corrected chi connectivity index (χ3v) is 7.19. The summed E-state index contributed by atoms with van der Waals surface area (Å²) in [4.78, 5) is 30.1. The number of hydrogen-bond donors (Lipinski definition) is 1. The first kappa shape index (κ1) is 22.8. The van der Waals surface area contributed by atoms with E-state index >= 15 is 0 Å². The molecule has 1 amide bonds. The smallest absolute Gasteiger partial charge is 0.255 e. The normalized spacial score (nSPS) is 21.5. The van der Waals surface area contributed by atoms with Crippen LogP contribution in [0.15, 0.2) is 54.6 Å². The van der Waals surface area contributed by atoms with E-state index < -0.39 is 0 Å². The second-order valence-electron chi connectivity index (χ2n) is 9.62. The molecule has 0 aromatic heterocycles. The zero-order chi connectivity index (χ0) is 23.5. The number of amides is 1. The number of carbonyl (C=O) groups is 2. The Kier molecular flexibility index (Phi) is 6.79. The van der Waals surface area contributed by atoms with Crippen molar-refractivity contribution in [3.63, 3.8) is 0 Å². The van der Waals surface area contributed by atoms with Crippen LogP contribution < -0.4 is 5.32 Å². The molecule has 1 atom stereocenters. The Labute approximate surface area is 201 Å². The number of nitrogens with zero attached hydrogens (tertiary/aromatic N) is 2. The van der Waals surface area contributed by atoms with Crippen molar-refractivity contribution in [3.8, 4) is 0 Å². The molecule has 6 heteroatoms. The molecule has 178 valence electrons. The minimum Gasteiger partial charge on any atom is -0.381 e. The number of nitrogens with one attached hydrogen (secondary N) is 1. The average molecular weight is 460 g/mol. The minimum absolute atomic E-state index is 0.0306. The lowest BCUT2D eigenvalue weighted by Gasteiger charge is -2.26. The van der Waals surface area contributed by atoms with E-state index in [0.717, 1.165) is 68.9 Å². The Balaban J connectivity index is 1.24. The van der Waals surface area contributed by atoms with Crippen LogP contribution in [0.2, 0.25) is 0 Å². The molecule has 1 aliphatic carbocycles. The van der Waals surface area contributed by atoms with Gasteiger partial charge >= 0.3 is 0 Å². The van der Waals surface area contributed by atoms with Crippen molar-refractivity contribution in [2.75, 3.05) is 31.6 Å². The molecule has 0 bridgehead atoms. The fourth-order valence-electron chi connectivity index (χ4n) is 5.24. The van der Waals surface area contributed by atoms with E-state index in [2.05, 4.69) is 41.1 Å². The summed E-state index contributed by atoms with van der Waals surface area (Å²) in [6, 6.07) is 14.2. The van der Waals surface area contributed by atoms with Crippen molar-refractivity contribution in [1.82, 2.24) is 9.80 Å². The molecule has 0 unspecified atom stereocenters. The second kappa shape index (κ2) is 10.1. The van der Waals surface area contributed by atoms with Gasteiger partial charge in [-0.25, -0.2) is 0 Å². The summed E-state index contributed by atoms with van der Waals surface area (Å²) in [5, 5.41) is 3.53. The van der Waals surface area contributed by atoms with E-state index in [-0.39, 0.29) is 17.7 Å². The predicted molar refractivity (Wildman–Crippen MR) is 133 cm³/mol. The van der Waals surface area contributed by atoms with Crippen molar-refractivity contribution in [3.05, 3.63) is 76.9 Å². The summed E-state index contributed by atoms with van der Waals surface area (Å²) in [6.07, 6.45) is 2.88. The van der Waals surface area contributed by atoms with E-state index in [4.69, 9.17) is 4.74 Å². The number of fused-ring (bicyclic) bond motifs is 1. The molecule has 2 aromatic rings. The quantitative estimate of drug-likeness (QED) is 0.519. The molecule has 2 aromatic carbocycles. The van der Waals surface area contributed by atoms with Gasteiger partial charge in [-0.05, 0) is 42.5 Å². The number of Topliss-reactive ketones (excluding diaryl/α,β-unsaturated/α-hetero) is 1. The lowest BCUT2D eigenvalue weighted by molar-refractivity contribution is -0.122. The van der Waals surface area contributed by atoms with Gasteiger partial charge < -0.3 is 15.0 Å². The lowest BCUT2D eigenvalue weighted by atomic mass is 10.1. The molecule has 0 radical (unpaired) electrons. The van der Waals surface area contributed by atoms with Gasteiger partial charge in [-0.3, -0.25) is 14.5 Å². The topological polar surface area (TPSA) is 61.9 Å². The Morgan fingerprint density at radius 3 is 2.59 bits per heavy atom. The van der Waals surface area contributed by atoms with Gasteiger partial charge in [0, 0.05) is 56.0 Å². The molecule has 2 aliphatic heterocycles. The number of benzene rings is 2. The van der Waals surface area contributed by atoms with Crippen LogP contribution in [0.25, 0.3) is 0 Å². The van der Waals surface area contributed by atoms with Gasteiger partial charge in [0.1, 0.15) is 0 Å². The molecule has 3 aliphatic rings. The maximum Gasteiger partial charge on any atom is 0.255 e. The maximum absolute atomic E-state index is 13.2. The molecule has 2 fully saturated rings. The van der Waals surface area contributed by atoms with Gasteiger partial charge in [-0.15, -0.1) is 0 Å². The van der Waals surface area contributed by atoms with Crippen LogP contribution in [-0.2, 0) is 29.2 Å². The zero-order valence-electron chi connectivity index (χ0n) is 19.7. The summed E-state index contributed by atoms with van der Waals surface area (Å²) < 4.78 is 5.43. The minimum atomic E-state index is -0.342. The number of carbonyl (C=O) groups excluding carboxylic acids is 2. The number of ether oxygens (including phenoxy) is 1. The largest absolute Gasteiger partial charge is 0.381 e. The predicted octanol–water partition coefficient (Wildman–Crippen LogP) is 4.15. The number of allylic oxidation sites excluding steroid dienone is 1.